The Hall–Kier alpha value is -2.64. The van der Waals surface area contributed by atoms with Crippen molar-refractivity contribution in [3.63, 3.8) is 0 Å². The molecule has 0 atom stereocenters. The number of anilines is 1. The molecule has 10 heteroatoms. The van der Waals surface area contributed by atoms with E-state index in [1.165, 1.54) is 11.8 Å². The number of nitriles is 1. The van der Waals surface area contributed by atoms with Crippen LogP contribution in [-0.4, -0.2) is 50.4 Å². The van der Waals surface area contributed by atoms with Gasteiger partial charge in [0.25, 0.3) is 11.5 Å². The Morgan fingerprint density at radius 3 is 2.53 bits per heavy atom. The van der Waals surface area contributed by atoms with Crippen LogP contribution in [0.2, 0.25) is 0 Å². The summed E-state index contributed by atoms with van der Waals surface area (Å²) in [7, 11) is 0. The summed E-state index contributed by atoms with van der Waals surface area (Å²) >= 11 is 6.68. The lowest BCUT2D eigenvalue weighted by atomic mass is 10.0. The number of carbonyl (C=O) groups excluding carboxylic acids is 1. The van der Waals surface area contributed by atoms with Crippen molar-refractivity contribution in [3.05, 3.63) is 31.9 Å². The fraction of sp³-hybridized carbons (Fsp3) is 0.542. The lowest BCUT2D eigenvalue weighted by Gasteiger charge is -2.26. The van der Waals surface area contributed by atoms with Gasteiger partial charge < -0.3 is 10.0 Å². The zero-order chi connectivity index (χ0) is 24.8. The summed E-state index contributed by atoms with van der Waals surface area (Å²) in [6.07, 6.45) is 6.65. The first-order chi connectivity index (χ1) is 16.3. The van der Waals surface area contributed by atoms with E-state index in [9.17, 15) is 19.6 Å². The lowest BCUT2D eigenvalue weighted by molar-refractivity contribution is -0.137. The van der Waals surface area contributed by atoms with Gasteiger partial charge in [-0.2, -0.15) is 5.26 Å². The fourth-order valence-electron chi connectivity index (χ4n) is 4.39. The highest BCUT2D eigenvalue weighted by atomic mass is 32.2. The zero-order valence-electron chi connectivity index (χ0n) is 19.6. The number of carboxylic acids is 1. The lowest BCUT2D eigenvalue weighted by Crippen LogP contribution is -2.33. The van der Waals surface area contributed by atoms with E-state index in [4.69, 9.17) is 17.3 Å². The number of amides is 1. The molecular weight excluding hydrogens is 472 g/mol. The van der Waals surface area contributed by atoms with Crippen molar-refractivity contribution in [2.24, 2.45) is 0 Å². The number of hydrogen-bond donors (Lipinski definition) is 1. The summed E-state index contributed by atoms with van der Waals surface area (Å²) in [6, 6.07) is 2.07. The standard InChI is InChI=1S/C24H30N4O4S2/c1-3-10-27-21(26-11-7-8-12-26)17(16(2)18(15-25)22(27)31)14-19-23(32)28(24(33)34-19)13-6-4-5-9-20(29)30/h14H,3-13H2,1-2H3,(H,29,30)/b19-14+. The van der Waals surface area contributed by atoms with Crippen LogP contribution < -0.4 is 10.5 Å². The summed E-state index contributed by atoms with van der Waals surface area (Å²) < 4.78 is 2.16. The van der Waals surface area contributed by atoms with Crippen LogP contribution in [-0.2, 0) is 16.1 Å². The molecule has 0 aliphatic carbocycles. The second-order valence-corrected chi connectivity index (χ2v) is 10.2. The van der Waals surface area contributed by atoms with E-state index < -0.39 is 5.97 Å². The van der Waals surface area contributed by atoms with E-state index >= 15 is 0 Å². The molecule has 1 aromatic heterocycles. The van der Waals surface area contributed by atoms with Gasteiger partial charge >= 0.3 is 5.97 Å². The predicted octanol–water partition coefficient (Wildman–Crippen LogP) is 3.88. The number of unbranched alkanes of at least 4 members (excludes halogenated alkanes) is 2. The van der Waals surface area contributed by atoms with Crippen molar-refractivity contribution < 1.29 is 14.7 Å². The first-order valence-electron chi connectivity index (χ1n) is 11.7. The number of aromatic nitrogens is 1. The molecule has 34 heavy (non-hydrogen) atoms. The molecule has 0 spiro atoms. The molecule has 1 N–H and O–H groups in total. The zero-order valence-corrected chi connectivity index (χ0v) is 21.3. The Morgan fingerprint density at radius 1 is 1.21 bits per heavy atom. The van der Waals surface area contributed by atoms with Crippen molar-refractivity contribution in [1.29, 1.82) is 5.26 Å². The molecule has 182 valence electrons. The Bertz CT molecular complexity index is 1110. The topological polar surface area (TPSA) is 107 Å². The molecular formula is C24H30N4O4S2. The number of rotatable bonds is 10. The summed E-state index contributed by atoms with van der Waals surface area (Å²) in [4.78, 5) is 41.2. The first kappa shape index (κ1) is 26.0. The first-order valence-corrected chi connectivity index (χ1v) is 12.9. The number of carbonyl (C=O) groups is 2. The van der Waals surface area contributed by atoms with Gasteiger partial charge in [-0.25, -0.2) is 0 Å². The maximum Gasteiger partial charge on any atom is 0.303 e. The second kappa shape index (κ2) is 11.7. The van der Waals surface area contributed by atoms with E-state index in [-0.39, 0.29) is 23.5 Å². The summed E-state index contributed by atoms with van der Waals surface area (Å²) in [5.74, 6) is -0.231. The van der Waals surface area contributed by atoms with Crippen molar-refractivity contribution in [2.45, 2.75) is 65.3 Å². The third-order valence-corrected chi connectivity index (χ3v) is 7.50. The molecule has 0 saturated carbocycles. The largest absolute Gasteiger partial charge is 0.481 e. The average molecular weight is 503 g/mol. The molecule has 2 saturated heterocycles. The molecule has 8 nitrogen and oxygen atoms in total. The maximum absolute atomic E-state index is 13.2. The van der Waals surface area contributed by atoms with Crippen LogP contribution in [0.25, 0.3) is 6.08 Å². The average Bonchev–Trinajstić information content (AvgIpc) is 3.41. The minimum atomic E-state index is -0.820. The molecule has 3 rings (SSSR count). The molecule has 0 unspecified atom stereocenters. The van der Waals surface area contributed by atoms with E-state index in [0.717, 1.165) is 43.7 Å². The minimum Gasteiger partial charge on any atom is -0.481 e. The molecule has 1 amide bonds. The number of carboxylic acid groups (broad SMARTS) is 1. The van der Waals surface area contributed by atoms with Crippen molar-refractivity contribution in [2.75, 3.05) is 24.5 Å². The quantitative estimate of drug-likeness (QED) is 0.292. The smallest absolute Gasteiger partial charge is 0.303 e. The van der Waals surface area contributed by atoms with Crippen LogP contribution in [0.1, 0.15) is 68.6 Å². The van der Waals surface area contributed by atoms with Gasteiger partial charge in [0.2, 0.25) is 0 Å². The summed E-state index contributed by atoms with van der Waals surface area (Å²) in [6.45, 7) is 6.35. The number of nitrogens with zero attached hydrogens (tertiary/aromatic N) is 4. The summed E-state index contributed by atoms with van der Waals surface area (Å²) in [5.41, 5.74) is 1.14. The molecule has 2 aliphatic rings. The van der Waals surface area contributed by atoms with Gasteiger partial charge in [0.15, 0.2) is 0 Å². The Labute approximate surface area is 209 Å². The van der Waals surface area contributed by atoms with Gasteiger partial charge in [0.1, 0.15) is 21.8 Å². The molecule has 0 radical (unpaired) electrons. The number of hydrogen-bond acceptors (Lipinski definition) is 7. The van der Waals surface area contributed by atoms with E-state index in [1.54, 1.807) is 22.5 Å². The SMILES string of the molecule is CCCn1c(N2CCCC2)c(/C=C2/SC(=S)N(CCCCCC(=O)O)C2=O)c(C)c(C#N)c1=O. The van der Waals surface area contributed by atoms with Gasteiger partial charge in [0, 0.05) is 38.2 Å². The maximum atomic E-state index is 13.2. The Balaban J connectivity index is 1.96. The molecule has 2 aliphatic heterocycles. The third kappa shape index (κ3) is 5.53. The van der Waals surface area contributed by atoms with Gasteiger partial charge in [-0.05, 0) is 50.7 Å². The molecule has 0 aromatic carbocycles. The second-order valence-electron chi connectivity index (χ2n) is 8.54. The van der Waals surface area contributed by atoms with Gasteiger partial charge in [-0.3, -0.25) is 23.9 Å². The highest BCUT2D eigenvalue weighted by Gasteiger charge is 2.33. The fourth-order valence-corrected chi connectivity index (χ4v) is 5.68. The predicted molar refractivity (Wildman–Crippen MR) is 138 cm³/mol. The molecule has 2 fully saturated rings. The number of aliphatic carboxylic acids is 1. The van der Waals surface area contributed by atoms with Crippen molar-refractivity contribution >= 4 is 52.1 Å². The Kier molecular flexibility index (Phi) is 8.91. The third-order valence-electron chi connectivity index (χ3n) is 6.12. The van der Waals surface area contributed by atoms with Gasteiger partial charge in [-0.15, -0.1) is 0 Å². The van der Waals surface area contributed by atoms with E-state index in [1.807, 2.05) is 6.92 Å². The minimum absolute atomic E-state index is 0.108. The summed E-state index contributed by atoms with van der Waals surface area (Å²) in [5, 5.41) is 18.5. The highest BCUT2D eigenvalue weighted by molar-refractivity contribution is 8.26. The van der Waals surface area contributed by atoms with Crippen LogP contribution in [0.5, 0.6) is 0 Å². The molecule has 1 aromatic rings. The number of pyridine rings is 1. The van der Waals surface area contributed by atoms with E-state index in [2.05, 4.69) is 11.0 Å². The number of thiocarbonyl (C=S) groups is 1. The van der Waals surface area contributed by atoms with Gasteiger partial charge in [0.05, 0.1) is 4.91 Å². The normalized spacial score (nSPS) is 17.1. The number of thioether (sulfide) groups is 1. The molecule has 3 heterocycles. The van der Waals surface area contributed by atoms with Crippen molar-refractivity contribution in [3.8, 4) is 6.07 Å². The van der Waals surface area contributed by atoms with Crippen LogP contribution in [0.4, 0.5) is 5.82 Å². The van der Waals surface area contributed by atoms with Gasteiger partial charge in [-0.1, -0.05) is 37.3 Å². The Morgan fingerprint density at radius 2 is 1.91 bits per heavy atom. The monoisotopic (exact) mass is 502 g/mol. The van der Waals surface area contributed by atoms with E-state index in [0.29, 0.717) is 47.1 Å². The van der Waals surface area contributed by atoms with Crippen LogP contribution in [0.3, 0.4) is 0 Å². The van der Waals surface area contributed by atoms with Crippen LogP contribution in [0, 0.1) is 18.3 Å². The molecule has 0 bridgehead atoms. The highest BCUT2D eigenvalue weighted by Crippen LogP contribution is 2.36. The van der Waals surface area contributed by atoms with Crippen molar-refractivity contribution in [1.82, 2.24) is 9.47 Å². The van der Waals surface area contributed by atoms with Crippen LogP contribution >= 0.6 is 24.0 Å². The van der Waals surface area contributed by atoms with Crippen LogP contribution in [0.15, 0.2) is 9.70 Å².